The Morgan fingerprint density at radius 1 is 1.19 bits per heavy atom. The standard InChI is InChI=1S/C25H21F4N5O2/c1-13-22-17(3-2-8-30-22)21-18(9-19(32-24(21)29)33-10-15(26)11-33)34(25(13)36)12-20(35)31-16-6-4-14(5-7-16)23(27)28/h2-9,13,15,23H,10-12H2,1H3,(H,31,35). The van der Waals surface area contributed by atoms with Crippen LogP contribution < -0.4 is 15.1 Å². The zero-order chi connectivity index (χ0) is 25.6. The fraction of sp³-hybridized carbons (Fsp3) is 0.280. The first kappa shape index (κ1) is 23.7. The quantitative estimate of drug-likeness (QED) is 0.414. The fourth-order valence-corrected chi connectivity index (χ4v) is 4.39. The normalized spacial score (nSPS) is 17.4. The van der Waals surface area contributed by atoms with Crippen LogP contribution in [0.25, 0.3) is 11.1 Å². The molecule has 4 heterocycles. The van der Waals surface area contributed by atoms with E-state index in [9.17, 15) is 22.8 Å². The first-order chi connectivity index (χ1) is 17.2. The van der Waals surface area contributed by atoms with Crippen LogP contribution in [0, 0.1) is 5.95 Å². The number of carbonyl (C=O) groups excluding carboxylic acids is 2. The van der Waals surface area contributed by atoms with E-state index in [0.717, 1.165) is 4.90 Å². The molecule has 36 heavy (non-hydrogen) atoms. The summed E-state index contributed by atoms with van der Waals surface area (Å²) in [5.41, 5.74) is 0.928. The van der Waals surface area contributed by atoms with Crippen molar-refractivity contribution < 1.29 is 27.2 Å². The number of nitrogens with one attached hydrogen (secondary N) is 1. The predicted octanol–water partition coefficient (Wildman–Crippen LogP) is 4.47. The zero-order valence-electron chi connectivity index (χ0n) is 19.1. The Bertz CT molecular complexity index is 1330. The van der Waals surface area contributed by atoms with Crippen LogP contribution in [-0.2, 0) is 9.59 Å². The Kier molecular flexibility index (Phi) is 6.07. The van der Waals surface area contributed by atoms with Crippen LogP contribution in [0.3, 0.4) is 0 Å². The highest BCUT2D eigenvalue weighted by atomic mass is 19.3. The number of rotatable bonds is 5. The lowest BCUT2D eigenvalue weighted by molar-refractivity contribution is -0.122. The maximum atomic E-state index is 15.5. The first-order valence-electron chi connectivity index (χ1n) is 11.3. The van der Waals surface area contributed by atoms with Gasteiger partial charge in [-0.15, -0.1) is 0 Å². The van der Waals surface area contributed by atoms with E-state index in [1.165, 1.54) is 36.5 Å². The van der Waals surface area contributed by atoms with Crippen molar-refractivity contribution in [3.05, 3.63) is 65.9 Å². The van der Waals surface area contributed by atoms with Gasteiger partial charge in [0.25, 0.3) is 6.43 Å². The van der Waals surface area contributed by atoms with Gasteiger partial charge in [0.15, 0.2) is 0 Å². The number of hydrogen-bond acceptors (Lipinski definition) is 5. The molecule has 1 fully saturated rings. The molecule has 1 atom stereocenters. The van der Waals surface area contributed by atoms with Crippen molar-refractivity contribution in [2.75, 3.05) is 34.8 Å². The molecule has 0 spiro atoms. The number of nitrogens with zero attached hydrogens (tertiary/aromatic N) is 4. The summed E-state index contributed by atoms with van der Waals surface area (Å²) < 4.78 is 54.6. The number of amides is 2. The van der Waals surface area contributed by atoms with Gasteiger partial charge in [0.1, 0.15) is 18.5 Å². The highest BCUT2D eigenvalue weighted by molar-refractivity contribution is 6.09. The van der Waals surface area contributed by atoms with Crippen LogP contribution in [0.15, 0.2) is 48.7 Å². The zero-order valence-corrected chi connectivity index (χ0v) is 19.1. The third-order valence-electron chi connectivity index (χ3n) is 6.30. The van der Waals surface area contributed by atoms with Gasteiger partial charge in [-0.2, -0.15) is 4.39 Å². The molecule has 0 saturated carbocycles. The minimum atomic E-state index is -2.64. The van der Waals surface area contributed by atoms with E-state index in [4.69, 9.17) is 0 Å². The van der Waals surface area contributed by atoms with Crippen LogP contribution >= 0.6 is 0 Å². The number of fused-ring (bicyclic) bond motifs is 3. The van der Waals surface area contributed by atoms with Crippen LogP contribution in [0.2, 0.25) is 0 Å². The van der Waals surface area contributed by atoms with Gasteiger partial charge in [-0.3, -0.25) is 14.6 Å². The van der Waals surface area contributed by atoms with E-state index in [2.05, 4.69) is 15.3 Å². The van der Waals surface area contributed by atoms with E-state index in [0.29, 0.717) is 11.3 Å². The average molecular weight is 499 g/mol. The number of carbonyl (C=O) groups is 2. The number of anilines is 3. The Hall–Kier alpha value is -4.02. The molecule has 1 unspecified atom stereocenters. The lowest BCUT2D eigenvalue weighted by Crippen LogP contribution is -2.49. The van der Waals surface area contributed by atoms with E-state index in [1.807, 2.05) is 0 Å². The second-order valence-electron chi connectivity index (χ2n) is 8.72. The van der Waals surface area contributed by atoms with Crippen molar-refractivity contribution in [3.63, 3.8) is 0 Å². The summed E-state index contributed by atoms with van der Waals surface area (Å²) in [6.07, 6.45) is -2.21. The van der Waals surface area contributed by atoms with Crippen molar-refractivity contribution in [3.8, 4) is 11.1 Å². The average Bonchev–Trinajstić information content (AvgIpc) is 2.92. The fourth-order valence-electron chi connectivity index (χ4n) is 4.39. The van der Waals surface area contributed by atoms with E-state index in [1.54, 1.807) is 24.0 Å². The summed E-state index contributed by atoms with van der Waals surface area (Å²) in [5, 5.41) is 2.58. The Labute approximate surface area is 203 Å². The van der Waals surface area contributed by atoms with Gasteiger partial charge in [-0.05, 0) is 25.1 Å². The lowest BCUT2D eigenvalue weighted by atomic mass is 9.98. The monoisotopic (exact) mass is 499 g/mol. The highest BCUT2D eigenvalue weighted by Crippen LogP contribution is 2.43. The number of pyridine rings is 2. The lowest BCUT2D eigenvalue weighted by Gasteiger charge is -2.36. The van der Waals surface area contributed by atoms with Gasteiger partial charge in [0.05, 0.1) is 36.0 Å². The molecule has 1 aromatic carbocycles. The third-order valence-corrected chi connectivity index (χ3v) is 6.30. The maximum absolute atomic E-state index is 15.5. The van der Waals surface area contributed by atoms with Crippen LogP contribution in [0.1, 0.15) is 30.5 Å². The van der Waals surface area contributed by atoms with E-state index >= 15 is 4.39 Å². The second-order valence-corrected chi connectivity index (χ2v) is 8.72. The summed E-state index contributed by atoms with van der Waals surface area (Å²) >= 11 is 0. The maximum Gasteiger partial charge on any atom is 0.263 e. The smallest absolute Gasteiger partial charge is 0.263 e. The summed E-state index contributed by atoms with van der Waals surface area (Å²) in [4.78, 5) is 37.4. The first-order valence-corrected chi connectivity index (χ1v) is 11.3. The van der Waals surface area contributed by atoms with Crippen LogP contribution in [-0.4, -0.2) is 47.6 Å². The number of benzene rings is 1. The molecule has 2 aliphatic heterocycles. The molecule has 2 aliphatic rings. The van der Waals surface area contributed by atoms with Crippen molar-refractivity contribution in [2.45, 2.75) is 25.4 Å². The molecular formula is C25H21F4N5O2. The van der Waals surface area contributed by atoms with Crippen molar-refractivity contribution in [1.82, 2.24) is 9.97 Å². The van der Waals surface area contributed by atoms with Gasteiger partial charge >= 0.3 is 0 Å². The van der Waals surface area contributed by atoms with Gasteiger partial charge in [0.2, 0.25) is 17.8 Å². The van der Waals surface area contributed by atoms with E-state index in [-0.39, 0.29) is 41.4 Å². The van der Waals surface area contributed by atoms with E-state index < -0.39 is 42.8 Å². The number of alkyl halides is 3. The van der Waals surface area contributed by atoms with Crippen LogP contribution in [0.5, 0.6) is 0 Å². The molecule has 5 rings (SSSR count). The molecule has 186 valence electrons. The molecule has 0 aliphatic carbocycles. The van der Waals surface area contributed by atoms with Crippen molar-refractivity contribution >= 4 is 29.0 Å². The summed E-state index contributed by atoms with van der Waals surface area (Å²) in [6, 6.07) is 9.76. The Balaban J connectivity index is 1.52. The molecule has 11 heteroatoms. The van der Waals surface area contributed by atoms with Gasteiger partial charge in [-0.1, -0.05) is 18.2 Å². The number of hydrogen-bond donors (Lipinski definition) is 1. The predicted molar refractivity (Wildman–Crippen MR) is 125 cm³/mol. The van der Waals surface area contributed by atoms with Gasteiger partial charge in [-0.25, -0.2) is 18.2 Å². The second kappa shape index (κ2) is 9.21. The molecule has 0 radical (unpaired) electrons. The van der Waals surface area contributed by atoms with Gasteiger partial charge in [0, 0.05) is 29.1 Å². The molecule has 1 N–H and O–H groups in total. The summed E-state index contributed by atoms with van der Waals surface area (Å²) in [6.45, 7) is 1.23. The summed E-state index contributed by atoms with van der Waals surface area (Å²) in [7, 11) is 0. The molecule has 2 aromatic heterocycles. The SMILES string of the molecule is CC1C(=O)N(CC(=O)Nc2ccc(C(F)F)cc2)c2cc(N3CC(F)C3)nc(F)c2-c2cccnc21. The largest absolute Gasteiger partial charge is 0.350 e. The molecule has 2 amide bonds. The van der Waals surface area contributed by atoms with Crippen molar-refractivity contribution in [2.24, 2.45) is 0 Å². The molecule has 7 nitrogen and oxygen atoms in total. The molecule has 0 bridgehead atoms. The molecular weight excluding hydrogens is 478 g/mol. The minimum absolute atomic E-state index is 0.0194. The summed E-state index contributed by atoms with van der Waals surface area (Å²) in [5.74, 6) is -2.61. The van der Waals surface area contributed by atoms with Crippen LogP contribution in [0.4, 0.5) is 34.8 Å². The Morgan fingerprint density at radius 3 is 2.58 bits per heavy atom. The van der Waals surface area contributed by atoms with Gasteiger partial charge < -0.3 is 15.1 Å². The highest BCUT2D eigenvalue weighted by Gasteiger charge is 2.37. The number of halogens is 4. The molecule has 1 saturated heterocycles. The third kappa shape index (κ3) is 4.25. The molecule has 3 aromatic rings. The topological polar surface area (TPSA) is 78.4 Å². The Morgan fingerprint density at radius 2 is 1.92 bits per heavy atom. The number of aromatic nitrogens is 2. The minimum Gasteiger partial charge on any atom is -0.350 e. The van der Waals surface area contributed by atoms with Crippen molar-refractivity contribution in [1.29, 1.82) is 0 Å².